The van der Waals surface area contributed by atoms with E-state index in [4.69, 9.17) is 27.9 Å². The van der Waals surface area contributed by atoms with Crippen molar-refractivity contribution in [3.05, 3.63) is 57.8 Å². The number of halogens is 2. The van der Waals surface area contributed by atoms with E-state index >= 15 is 0 Å². The minimum atomic E-state index is 0.326. The van der Waals surface area contributed by atoms with Crippen LogP contribution in [-0.4, -0.2) is 11.5 Å². The summed E-state index contributed by atoms with van der Waals surface area (Å²) in [5, 5.41) is 4.43. The average molecular weight is 311 g/mol. The summed E-state index contributed by atoms with van der Waals surface area (Å²) in [6.07, 6.45) is 1.71. The van der Waals surface area contributed by atoms with Crippen LogP contribution in [0.5, 0.6) is 5.75 Å². The molecule has 2 aromatic rings. The Hall–Kier alpha value is -1.29. The molecule has 1 aromatic carbocycles. The summed E-state index contributed by atoms with van der Waals surface area (Å²) in [4.78, 5) is 4.32. The topological polar surface area (TPSA) is 34.1 Å². The quantitative estimate of drug-likeness (QED) is 0.873. The number of hydrogen-bond acceptors (Lipinski definition) is 3. The largest absolute Gasteiger partial charge is 0.487 e. The van der Waals surface area contributed by atoms with Crippen LogP contribution in [0.25, 0.3) is 0 Å². The van der Waals surface area contributed by atoms with Gasteiger partial charge in [-0.25, -0.2) is 0 Å². The van der Waals surface area contributed by atoms with E-state index in [-0.39, 0.29) is 0 Å². The normalized spacial score (nSPS) is 10.6. The maximum atomic E-state index is 6.09. The van der Waals surface area contributed by atoms with Crippen molar-refractivity contribution in [1.29, 1.82) is 0 Å². The van der Waals surface area contributed by atoms with Gasteiger partial charge in [0.05, 0.1) is 11.9 Å². The van der Waals surface area contributed by atoms with Crippen LogP contribution in [0.2, 0.25) is 10.0 Å². The molecule has 0 aliphatic heterocycles. The second-order valence-corrected chi connectivity index (χ2v) is 5.07. The first-order valence-electron chi connectivity index (χ1n) is 6.42. The lowest BCUT2D eigenvalue weighted by Crippen LogP contribution is -2.12. The summed E-state index contributed by atoms with van der Waals surface area (Å²) in [7, 11) is 0. The van der Waals surface area contributed by atoms with Crippen LogP contribution in [0.3, 0.4) is 0 Å². The third kappa shape index (κ3) is 4.10. The van der Waals surface area contributed by atoms with Crippen LogP contribution in [0.15, 0.2) is 36.5 Å². The number of ether oxygens (including phenoxy) is 1. The van der Waals surface area contributed by atoms with Gasteiger partial charge >= 0.3 is 0 Å². The molecule has 0 saturated carbocycles. The second-order valence-electron chi connectivity index (χ2n) is 4.25. The molecule has 2 rings (SSSR count). The molecule has 0 atom stereocenters. The third-order valence-corrected chi connectivity index (χ3v) is 3.51. The number of nitrogens with zero attached hydrogens (tertiary/aromatic N) is 1. The molecule has 0 bridgehead atoms. The fraction of sp³-hybridized carbons (Fsp3) is 0.267. The van der Waals surface area contributed by atoms with Crippen LogP contribution in [0.4, 0.5) is 0 Å². The van der Waals surface area contributed by atoms with E-state index in [0.29, 0.717) is 22.4 Å². The van der Waals surface area contributed by atoms with Gasteiger partial charge in [-0.05, 0) is 30.8 Å². The van der Waals surface area contributed by atoms with E-state index in [9.17, 15) is 0 Å². The predicted octanol–water partition coefficient (Wildman–Crippen LogP) is 4.08. The molecule has 1 aromatic heterocycles. The van der Waals surface area contributed by atoms with Crippen molar-refractivity contribution in [1.82, 2.24) is 10.3 Å². The van der Waals surface area contributed by atoms with Crippen molar-refractivity contribution >= 4 is 23.2 Å². The van der Waals surface area contributed by atoms with Gasteiger partial charge in [0, 0.05) is 22.2 Å². The molecule has 0 radical (unpaired) electrons. The van der Waals surface area contributed by atoms with Gasteiger partial charge in [-0.2, -0.15) is 0 Å². The number of pyridine rings is 1. The van der Waals surface area contributed by atoms with E-state index in [2.05, 4.69) is 17.2 Å². The highest BCUT2D eigenvalue weighted by Gasteiger charge is 2.06. The van der Waals surface area contributed by atoms with E-state index in [0.717, 1.165) is 24.3 Å². The second kappa shape index (κ2) is 7.48. The summed E-state index contributed by atoms with van der Waals surface area (Å²) in [6, 6.07) is 9.23. The Morgan fingerprint density at radius 2 is 1.90 bits per heavy atom. The third-order valence-electron chi connectivity index (χ3n) is 2.80. The number of nitrogens with one attached hydrogen (secondary N) is 1. The Balaban J connectivity index is 1.97. The molecule has 1 N–H and O–H groups in total. The molecule has 0 amide bonds. The summed E-state index contributed by atoms with van der Waals surface area (Å²) in [5.74, 6) is 0.696. The highest BCUT2D eigenvalue weighted by atomic mass is 35.5. The van der Waals surface area contributed by atoms with Crippen molar-refractivity contribution < 1.29 is 4.74 Å². The first-order valence-corrected chi connectivity index (χ1v) is 7.17. The Kier molecular flexibility index (Phi) is 5.65. The maximum Gasteiger partial charge on any atom is 0.138 e. The minimum absolute atomic E-state index is 0.326. The molecule has 20 heavy (non-hydrogen) atoms. The lowest BCUT2D eigenvalue weighted by atomic mass is 10.2. The molecule has 0 unspecified atom stereocenters. The molecule has 0 spiro atoms. The summed E-state index contributed by atoms with van der Waals surface area (Å²) < 4.78 is 5.66. The molecule has 0 aliphatic rings. The van der Waals surface area contributed by atoms with Gasteiger partial charge in [-0.1, -0.05) is 36.2 Å². The van der Waals surface area contributed by atoms with Crippen molar-refractivity contribution in [2.24, 2.45) is 0 Å². The van der Waals surface area contributed by atoms with Crippen LogP contribution < -0.4 is 10.1 Å². The van der Waals surface area contributed by atoms with Crippen molar-refractivity contribution in [3.8, 4) is 5.75 Å². The Bertz CT molecular complexity index is 538. The van der Waals surface area contributed by atoms with Gasteiger partial charge < -0.3 is 10.1 Å². The number of rotatable bonds is 6. The molecule has 3 nitrogen and oxygen atoms in total. The van der Waals surface area contributed by atoms with Crippen molar-refractivity contribution in [2.75, 3.05) is 6.54 Å². The van der Waals surface area contributed by atoms with Crippen LogP contribution in [-0.2, 0) is 13.2 Å². The fourth-order valence-corrected chi connectivity index (χ4v) is 2.19. The van der Waals surface area contributed by atoms with E-state index in [1.165, 1.54) is 0 Å². The van der Waals surface area contributed by atoms with Gasteiger partial charge in [0.15, 0.2) is 0 Å². The summed E-state index contributed by atoms with van der Waals surface area (Å²) in [6.45, 7) is 4.07. The lowest BCUT2D eigenvalue weighted by Gasteiger charge is -2.09. The monoisotopic (exact) mass is 310 g/mol. The standard InChI is InChI=1S/C15H16Cl2N2O/c1-2-18-8-11-6-7-12(9-19-11)20-10-13-14(16)4-3-5-15(13)17/h3-7,9,18H,2,8,10H2,1H3. The Morgan fingerprint density at radius 1 is 1.15 bits per heavy atom. The smallest absolute Gasteiger partial charge is 0.138 e. The van der Waals surface area contributed by atoms with E-state index in [1.807, 2.05) is 18.2 Å². The zero-order chi connectivity index (χ0) is 14.4. The van der Waals surface area contributed by atoms with Gasteiger partial charge in [-0.3, -0.25) is 4.98 Å². The first kappa shape index (κ1) is 15.1. The molecule has 0 fully saturated rings. The zero-order valence-corrected chi connectivity index (χ0v) is 12.7. The van der Waals surface area contributed by atoms with Crippen molar-refractivity contribution in [3.63, 3.8) is 0 Å². The maximum absolute atomic E-state index is 6.09. The average Bonchev–Trinajstić information content (AvgIpc) is 2.46. The molecule has 106 valence electrons. The summed E-state index contributed by atoms with van der Waals surface area (Å²) >= 11 is 12.2. The lowest BCUT2D eigenvalue weighted by molar-refractivity contribution is 0.305. The first-order chi connectivity index (χ1) is 9.70. The molecule has 0 saturated heterocycles. The molecular formula is C15H16Cl2N2O. The van der Waals surface area contributed by atoms with Crippen LogP contribution in [0, 0.1) is 0 Å². The number of benzene rings is 1. The van der Waals surface area contributed by atoms with Crippen LogP contribution in [0.1, 0.15) is 18.2 Å². The van der Waals surface area contributed by atoms with Crippen LogP contribution >= 0.6 is 23.2 Å². The highest BCUT2D eigenvalue weighted by molar-refractivity contribution is 6.35. The Labute approximate surface area is 128 Å². The summed E-state index contributed by atoms with van der Waals surface area (Å²) in [5.41, 5.74) is 1.77. The highest BCUT2D eigenvalue weighted by Crippen LogP contribution is 2.25. The van der Waals surface area contributed by atoms with Gasteiger partial charge in [0.1, 0.15) is 12.4 Å². The molecule has 0 aliphatic carbocycles. The SMILES string of the molecule is CCNCc1ccc(OCc2c(Cl)cccc2Cl)cn1. The predicted molar refractivity (Wildman–Crippen MR) is 82.4 cm³/mol. The van der Waals surface area contributed by atoms with Crippen molar-refractivity contribution in [2.45, 2.75) is 20.1 Å². The fourth-order valence-electron chi connectivity index (χ4n) is 1.68. The molecule has 5 heteroatoms. The zero-order valence-electron chi connectivity index (χ0n) is 11.2. The minimum Gasteiger partial charge on any atom is -0.487 e. The van der Waals surface area contributed by atoms with Gasteiger partial charge in [0.25, 0.3) is 0 Å². The molecule has 1 heterocycles. The number of hydrogen-bond donors (Lipinski definition) is 1. The number of aromatic nitrogens is 1. The van der Waals surface area contributed by atoms with Gasteiger partial charge in [0.2, 0.25) is 0 Å². The van der Waals surface area contributed by atoms with Gasteiger partial charge in [-0.15, -0.1) is 0 Å². The van der Waals surface area contributed by atoms with E-state index < -0.39 is 0 Å². The van der Waals surface area contributed by atoms with E-state index in [1.54, 1.807) is 18.3 Å². The Morgan fingerprint density at radius 3 is 2.50 bits per heavy atom. The molecular weight excluding hydrogens is 295 g/mol.